The van der Waals surface area contributed by atoms with Crippen LogP contribution in [0.15, 0.2) is 0 Å². The molecule has 0 aromatic carbocycles. The molecule has 2 rings (SSSR count). The number of hydrogen-bond acceptors (Lipinski definition) is 6. The van der Waals surface area contributed by atoms with Gasteiger partial charge in [-0.15, -0.1) is 10.2 Å². The van der Waals surface area contributed by atoms with Gasteiger partial charge in [0.05, 0.1) is 12.5 Å². The molecule has 0 saturated carbocycles. The minimum absolute atomic E-state index is 0.0319. The van der Waals surface area contributed by atoms with Crippen LogP contribution in [-0.4, -0.2) is 42.9 Å². The number of anilines is 1. The van der Waals surface area contributed by atoms with E-state index in [1.54, 1.807) is 7.11 Å². The highest BCUT2D eigenvalue weighted by Crippen LogP contribution is 2.18. The number of hydrogen-bond donors (Lipinski definition) is 2. The lowest BCUT2D eigenvalue weighted by atomic mass is 10.1. The monoisotopic (exact) mass is 256 g/mol. The van der Waals surface area contributed by atoms with Gasteiger partial charge in [0.15, 0.2) is 0 Å². The normalized spacial score (nSPS) is 19.5. The number of rotatable bonds is 5. The molecule has 0 unspecified atom stereocenters. The van der Waals surface area contributed by atoms with Crippen LogP contribution in [0.3, 0.4) is 0 Å². The van der Waals surface area contributed by atoms with E-state index >= 15 is 0 Å². The highest BCUT2D eigenvalue weighted by Gasteiger charge is 2.23. The molecule has 2 N–H and O–H groups in total. The van der Waals surface area contributed by atoms with Gasteiger partial charge in [-0.2, -0.15) is 0 Å². The van der Waals surface area contributed by atoms with Crippen molar-refractivity contribution in [1.29, 1.82) is 0 Å². The molecule has 1 fully saturated rings. The summed E-state index contributed by atoms with van der Waals surface area (Å²) in [6.07, 6.45) is 1.62. The van der Waals surface area contributed by atoms with Crippen LogP contribution in [0.1, 0.15) is 11.4 Å². The van der Waals surface area contributed by atoms with Gasteiger partial charge < -0.3 is 15.4 Å². The predicted molar refractivity (Wildman–Crippen MR) is 65.1 cm³/mol. The van der Waals surface area contributed by atoms with Crippen LogP contribution >= 0.6 is 11.3 Å². The molecule has 2 heterocycles. The molecule has 6 nitrogen and oxygen atoms in total. The van der Waals surface area contributed by atoms with Gasteiger partial charge >= 0.3 is 0 Å². The Morgan fingerprint density at radius 2 is 2.53 bits per heavy atom. The van der Waals surface area contributed by atoms with E-state index in [1.165, 1.54) is 11.3 Å². The number of carbonyl (C=O) groups excluding carboxylic acids is 1. The van der Waals surface area contributed by atoms with E-state index in [0.29, 0.717) is 11.7 Å². The standard InChI is InChI=1S/C10H16N4O2S/c1-16-5-3-8-13-14-10(17-8)12-9(15)7-2-4-11-6-7/h7,11H,2-6H2,1H3,(H,12,14,15)/t7-/m0/s1. The van der Waals surface area contributed by atoms with Crippen LogP contribution in [0.4, 0.5) is 5.13 Å². The van der Waals surface area contributed by atoms with E-state index in [2.05, 4.69) is 20.8 Å². The lowest BCUT2D eigenvalue weighted by Crippen LogP contribution is -2.24. The first-order chi connectivity index (χ1) is 8.29. The average molecular weight is 256 g/mol. The molecule has 7 heteroatoms. The molecule has 17 heavy (non-hydrogen) atoms. The molecule has 0 radical (unpaired) electrons. The molecule has 0 bridgehead atoms. The summed E-state index contributed by atoms with van der Waals surface area (Å²) in [7, 11) is 1.65. The maximum Gasteiger partial charge on any atom is 0.230 e. The Labute approximate surface area is 104 Å². The molecule has 1 amide bonds. The summed E-state index contributed by atoms with van der Waals surface area (Å²) < 4.78 is 4.96. The van der Waals surface area contributed by atoms with E-state index in [4.69, 9.17) is 4.74 Å². The first kappa shape index (κ1) is 12.4. The van der Waals surface area contributed by atoms with Crippen molar-refractivity contribution in [2.24, 2.45) is 5.92 Å². The third-order valence-corrected chi connectivity index (χ3v) is 3.55. The van der Waals surface area contributed by atoms with Crippen molar-refractivity contribution < 1.29 is 9.53 Å². The van der Waals surface area contributed by atoms with Crippen molar-refractivity contribution in [1.82, 2.24) is 15.5 Å². The van der Waals surface area contributed by atoms with Crippen LogP contribution < -0.4 is 10.6 Å². The van der Waals surface area contributed by atoms with Crippen LogP contribution in [0, 0.1) is 5.92 Å². The van der Waals surface area contributed by atoms with Crippen LogP contribution in [-0.2, 0) is 16.0 Å². The van der Waals surface area contributed by atoms with Gasteiger partial charge in [0.2, 0.25) is 11.0 Å². The highest BCUT2D eigenvalue weighted by molar-refractivity contribution is 7.15. The molecule has 1 aliphatic heterocycles. The summed E-state index contributed by atoms with van der Waals surface area (Å²) >= 11 is 1.41. The highest BCUT2D eigenvalue weighted by atomic mass is 32.1. The zero-order valence-corrected chi connectivity index (χ0v) is 10.5. The lowest BCUT2D eigenvalue weighted by molar-refractivity contribution is -0.119. The van der Waals surface area contributed by atoms with Crippen molar-refractivity contribution in [3.63, 3.8) is 0 Å². The maximum atomic E-state index is 11.8. The maximum absolute atomic E-state index is 11.8. The zero-order valence-electron chi connectivity index (χ0n) is 9.73. The minimum atomic E-state index is 0.0319. The van der Waals surface area contributed by atoms with Crippen molar-refractivity contribution >= 4 is 22.4 Å². The Bertz CT molecular complexity index is 376. The fourth-order valence-corrected chi connectivity index (χ4v) is 2.40. The van der Waals surface area contributed by atoms with E-state index in [0.717, 1.165) is 30.9 Å². The predicted octanol–water partition coefficient (Wildman–Crippen LogP) is 0.275. The molecule has 1 atom stereocenters. The number of methoxy groups -OCH3 is 1. The smallest absolute Gasteiger partial charge is 0.230 e. The Balaban J connectivity index is 1.85. The van der Waals surface area contributed by atoms with E-state index in [1.807, 2.05) is 0 Å². The quantitative estimate of drug-likeness (QED) is 0.791. The van der Waals surface area contributed by atoms with Gasteiger partial charge in [0.25, 0.3) is 0 Å². The van der Waals surface area contributed by atoms with Crippen LogP contribution in [0.25, 0.3) is 0 Å². The first-order valence-electron chi connectivity index (χ1n) is 5.62. The van der Waals surface area contributed by atoms with Crippen LogP contribution in [0.2, 0.25) is 0 Å². The third-order valence-electron chi connectivity index (χ3n) is 2.65. The van der Waals surface area contributed by atoms with Crippen molar-refractivity contribution in [3.05, 3.63) is 5.01 Å². The Morgan fingerprint density at radius 3 is 3.24 bits per heavy atom. The third kappa shape index (κ3) is 3.45. The SMILES string of the molecule is COCCc1nnc(NC(=O)[C@H]2CCNC2)s1. The molecule has 1 aromatic heterocycles. The molecule has 0 spiro atoms. The summed E-state index contributed by atoms with van der Waals surface area (Å²) in [5, 5.41) is 15.4. The molecule has 0 aliphatic carbocycles. The second kappa shape index (κ2) is 6.04. The fraction of sp³-hybridized carbons (Fsp3) is 0.700. The minimum Gasteiger partial charge on any atom is -0.384 e. The average Bonchev–Trinajstić information content (AvgIpc) is 2.97. The molecule has 94 valence electrons. The van der Waals surface area contributed by atoms with Crippen LogP contribution in [0.5, 0.6) is 0 Å². The topological polar surface area (TPSA) is 76.1 Å². The molecule has 1 saturated heterocycles. The number of amides is 1. The largest absolute Gasteiger partial charge is 0.384 e. The van der Waals surface area contributed by atoms with Crippen molar-refractivity contribution in [3.8, 4) is 0 Å². The summed E-state index contributed by atoms with van der Waals surface area (Å²) in [6.45, 7) is 2.28. The summed E-state index contributed by atoms with van der Waals surface area (Å²) in [6, 6.07) is 0. The summed E-state index contributed by atoms with van der Waals surface area (Å²) in [4.78, 5) is 11.8. The van der Waals surface area contributed by atoms with Crippen molar-refractivity contribution in [2.75, 3.05) is 32.1 Å². The van der Waals surface area contributed by atoms with Gasteiger partial charge in [-0.3, -0.25) is 4.79 Å². The number of nitrogens with one attached hydrogen (secondary N) is 2. The Morgan fingerprint density at radius 1 is 1.65 bits per heavy atom. The lowest BCUT2D eigenvalue weighted by Gasteiger charge is -2.06. The molecular formula is C10H16N4O2S. The molecule has 1 aliphatic rings. The van der Waals surface area contributed by atoms with Crippen molar-refractivity contribution in [2.45, 2.75) is 12.8 Å². The molecular weight excluding hydrogens is 240 g/mol. The zero-order chi connectivity index (χ0) is 12.1. The summed E-state index contributed by atoms with van der Waals surface area (Å²) in [5.74, 6) is 0.0887. The fourth-order valence-electron chi connectivity index (χ4n) is 1.68. The van der Waals surface area contributed by atoms with Gasteiger partial charge in [-0.25, -0.2) is 0 Å². The first-order valence-corrected chi connectivity index (χ1v) is 6.44. The Hall–Kier alpha value is -1.05. The number of carbonyl (C=O) groups is 1. The van der Waals surface area contributed by atoms with E-state index in [-0.39, 0.29) is 11.8 Å². The number of ether oxygens (including phenoxy) is 1. The van der Waals surface area contributed by atoms with E-state index in [9.17, 15) is 4.79 Å². The second-order valence-corrected chi connectivity index (χ2v) is 4.98. The molecule has 1 aromatic rings. The number of aromatic nitrogens is 2. The Kier molecular flexibility index (Phi) is 4.41. The second-order valence-electron chi connectivity index (χ2n) is 3.92. The van der Waals surface area contributed by atoms with E-state index < -0.39 is 0 Å². The number of nitrogens with zero attached hydrogens (tertiary/aromatic N) is 2. The van der Waals surface area contributed by atoms with Gasteiger partial charge in [0.1, 0.15) is 5.01 Å². The van der Waals surface area contributed by atoms with Gasteiger partial charge in [-0.1, -0.05) is 11.3 Å². The van der Waals surface area contributed by atoms with Gasteiger partial charge in [0, 0.05) is 20.1 Å². The summed E-state index contributed by atoms with van der Waals surface area (Å²) in [5.41, 5.74) is 0. The van der Waals surface area contributed by atoms with Gasteiger partial charge in [-0.05, 0) is 13.0 Å².